The van der Waals surface area contributed by atoms with Crippen molar-refractivity contribution in [2.75, 3.05) is 0 Å². The molecule has 1 aliphatic heterocycles. The van der Waals surface area contributed by atoms with Crippen molar-refractivity contribution in [3.8, 4) is 0 Å². The van der Waals surface area contributed by atoms with Crippen LogP contribution in [0.4, 0.5) is 0 Å². The number of benzene rings is 1. The minimum absolute atomic E-state index is 1.34. The zero-order chi connectivity index (χ0) is 8.39. The molecule has 0 spiro atoms. The maximum Gasteiger partial charge on any atom is 0.0191 e. The number of hydrogen-bond acceptors (Lipinski definition) is 1. The Morgan fingerprint density at radius 2 is 2.00 bits per heavy atom. The van der Waals surface area contributed by atoms with Crippen molar-refractivity contribution in [3.63, 3.8) is 0 Å². The van der Waals surface area contributed by atoms with Gasteiger partial charge in [0.05, 0.1) is 0 Å². The lowest BCUT2D eigenvalue weighted by molar-refractivity contribution is 1.39. The maximum atomic E-state index is 2.17. The van der Waals surface area contributed by atoms with E-state index in [-0.39, 0.29) is 0 Å². The topological polar surface area (TPSA) is 0 Å². The molecule has 0 aliphatic carbocycles. The molecule has 0 bridgehead atoms. The Morgan fingerprint density at radius 3 is 2.92 bits per heavy atom. The fourth-order valence-electron chi connectivity index (χ4n) is 1.28. The maximum absolute atomic E-state index is 2.17. The zero-order valence-electron chi connectivity index (χ0n) is 6.95. The molecule has 2 rings (SSSR count). The van der Waals surface area contributed by atoms with E-state index in [4.69, 9.17) is 0 Å². The first-order valence-electron chi connectivity index (χ1n) is 3.97. The van der Waals surface area contributed by atoms with Gasteiger partial charge in [-0.05, 0) is 29.5 Å². The lowest BCUT2D eigenvalue weighted by Crippen LogP contribution is -1.80. The highest BCUT2D eigenvalue weighted by atomic mass is 32.2. The van der Waals surface area contributed by atoms with Crippen LogP contribution in [-0.2, 0) is 0 Å². The molecule has 0 saturated carbocycles. The van der Waals surface area contributed by atoms with Crippen LogP contribution >= 0.6 is 11.8 Å². The average molecular weight is 174 g/mol. The summed E-state index contributed by atoms with van der Waals surface area (Å²) in [6.07, 6.45) is 4.25. The van der Waals surface area contributed by atoms with E-state index >= 15 is 0 Å². The van der Waals surface area contributed by atoms with E-state index in [1.54, 1.807) is 11.8 Å². The van der Waals surface area contributed by atoms with Crippen molar-refractivity contribution in [3.05, 3.63) is 47.4 Å². The number of rotatable bonds is 0. The number of fused-ring (bicyclic) bond motifs is 1. The van der Waals surface area contributed by atoms with Gasteiger partial charge < -0.3 is 0 Å². The van der Waals surface area contributed by atoms with E-state index in [2.05, 4.69) is 48.7 Å². The van der Waals surface area contributed by atoms with Crippen LogP contribution in [0.3, 0.4) is 0 Å². The van der Waals surface area contributed by atoms with Gasteiger partial charge >= 0.3 is 0 Å². The van der Waals surface area contributed by atoms with Gasteiger partial charge in [-0.15, -0.1) is 0 Å². The summed E-state index contributed by atoms with van der Waals surface area (Å²) in [6, 6.07) is 8.49. The molecule has 0 atom stereocenters. The van der Waals surface area contributed by atoms with Crippen LogP contribution in [0.15, 0.2) is 46.7 Å². The number of allylic oxidation sites excluding steroid dienone is 3. The molecule has 0 nitrogen and oxygen atoms in total. The van der Waals surface area contributed by atoms with E-state index < -0.39 is 0 Å². The molecule has 0 N–H and O–H groups in total. The summed E-state index contributed by atoms with van der Waals surface area (Å²) < 4.78 is 0. The fourth-order valence-corrected chi connectivity index (χ4v) is 2.10. The lowest BCUT2D eigenvalue weighted by Gasteiger charge is -2.04. The average Bonchev–Trinajstić information content (AvgIpc) is 2.29. The fraction of sp³-hybridized carbons (Fsp3) is 0.0909. The molecule has 60 valence electrons. The third-order valence-electron chi connectivity index (χ3n) is 1.93. The Bertz CT molecular complexity index is 348. The van der Waals surface area contributed by atoms with Crippen molar-refractivity contribution >= 4 is 17.3 Å². The van der Waals surface area contributed by atoms with Gasteiger partial charge in [0.1, 0.15) is 0 Å². The summed E-state index contributed by atoms with van der Waals surface area (Å²) >= 11 is 1.78. The Morgan fingerprint density at radius 1 is 1.17 bits per heavy atom. The highest BCUT2D eigenvalue weighted by Crippen LogP contribution is 2.30. The second kappa shape index (κ2) is 3.20. The molecule has 1 aromatic carbocycles. The molecule has 0 amide bonds. The Hall–Kier alpha value is -0.950. The highest BCUT2D eigenvalue weighted by molar-refractivity contribution is 8.02. The van der Waals surface area contributed by atoms with E-state index in [0.29, 0.717) is 0 Å². The van der Waals surface area contributed by atoms with E-state index in [1.165, 1.54) is 16.0 Å². The third-order valence-corrected chi connectivity index (χ3v) is 2.83. The quantitative estimate of drug-likeness (QED) is 0.577. The Labute approximate surface area is 77.0 Å². The van der Waals surface area contributed by atoms with Crippen LogP contribution in [0.2, 0.25) is 0 Å². The van der Waals surface area contributed by atoms with Crippen LogP contribution in [0.1, 0.15) is 12.5 Å². The molecule has 0 radical (unpaired) electrons. The largest absolute Gasteiger partial charge is 0.0974 e. The second-order valence-electron chi connectivity index (χ2n) is 2.79. The van der Waals surface area contributed by atoms with Crippen molar-refractivity contribution in [2.45, 2.75) is 11.8 Å². The van der Waals surface area contributed by atoms with Crippen molar-refractivity contribution in [2.24, 2.45) is 0 Å². The minimum Gasteiger partial charge on any atom is -0.0974 e. The van der Waals surface area contributed by atoms with Gasteiger partial charge in [0.2, 0.25) is 0 Å². The molecular weight excluding hydrogens is 164 g/mol. The first kappa shape index (κ1) is 7.69. The van der Waals surface area contributed by atoms with Crippen molar-refractivity contribution < 1.29 is 0 Å². The molecule has 1 heterocycles. The molecule has 1 aromatic rings. The van der Waals surface area contributed by atoms with Crippen LogP contribution in [0.5, 0.6) is 0 Å². The molecule has 12 heavy (non-hydrogen) atoms. The van der Waals surface area contributed by atoms with Gasteiger partial charge in [0.25, 0.3) is 0 Å². The minimum atomic E-state index is 1.34. The van der Waals surface area contributed by atoms with E-state index in [9.17, 15) is 0 Å². The molecule has 0 unspecified atom stereocenters. The molecule has 1 heteroatoms. The molecule has 0 aromatic heterocycles. The van der Waals surface area contributed by atoms with Gasteiger partial charge in [-0.3, -0.25) is 0 Å². The SMILES string of the molecule is CC1=CC=CSc2ccccc21. The normalized spacial score (nSPS) is 14.9. The standard InChI is InChI=1S/C11H10S/c1-9-5-4-8-12-11-7-3-2-6-10(9)11/h2-8H,1H3. The Kier molecular flexibility index (Phi) is 2.05. The molecule has 1 aliphatic rings. The monoisotopic (exact) mass is 174 g/mol. The second-order valence-corrected chi connectivity index (χ2v) is 3.74. The summed E-state index contributed by atoms with van der Waals surface area (Å²) in [5.41, 5.74) is 2.69. The van der Waals surface area contributed by atoms with Crippen LogP contribution in [-0.4, -0.2) is 0 Å². The van der Waals surface area contributed by atoms with Crippen LogP contribution in [0.25, 0.3) is 5.57 Å². The van der Waals surface area contributed by atoms with Crippen LogP contribution < -0.4 is 0 Å². The third kappa shape index (κ3) is 1.32. The van der Waals surface area contributed by atoms with E-state index in [1.807, 2.05) is 0 Å². The summed E-state index contributed by atoms with van der Waals surface area (Å²) in [7, 11) is 0. The van der Waals surface area contributed by atoms with Gasteiger partial charge in [-0.1, -0.05) is 42.1 Å². The summed E-state index contributed by atoms with van der Waals surface area (Å²) in [4.78, 5) is 1.35. The van der Waals surface area contributed by atoms with Crippen LogP contribution in [0, 0.1) is 0 Å². The van der Waals surface area contributed by atoms with Gasteiger partial charge in [-0.2, -0.15) is 0 Å². The van der Waals surface area contributed by atoms with E-state index in [0.717, 1.165) is 0 Å². The molecular formula is C11H10S. The summed E-state index contributed by atoms with van der Waals surface area (Å²) in [6.45, 7) is 2.15. The summed E-state index contributed by atoms with van der Waals surface area (Å²) in [5.74, 6) is 0. The van der Waals surface area contributed by atoms with Crippen molar-refractivity contribution in [1.82, 2.24) is 0 Å². The number of thioether (sulfide) groups is 1. The molecule has 0 saturated heterocycles. The van der Waals surface area contributed by atoms with Gasteiger partial charge in [0.15, 0.2) is 0 Å². The predicted octanol–water partition coefficient (Wildman–Crippen LogP) is 3.71. The predicted molar refractivity (Wildman–Crippen MR) is 55.1 cm³/mol. The first-order chi connectivity index (χ1) is 5.88. The first-order valence-corrected chi connectivity index (χ1v) is 4.85. The van der Waals surface area contributed by atoms with Crippen molar-refractivity contribution in [1.29, 1.82) is 0 Å². The van der Waals surface area contributed by atoms with Gasteiger partial charge in [0, 0.05) is 4.90 Å². The smallest absolute Gasteiger partial charge is 0.0191 e. The lowest BCUT2D eigenvalue weighted by atomic mass is 10.1. The summed E-state index contributed by atoms with van der Waals surface area (Å²) in [5, 5.41) is 2.12. The molecule has 0 fully saturated rings. The zero-order valence-corrected chi connectivity index (χ0v) is 7.77. The Balaban J connectivity index is 2.58. The van der Waals surface area contributed by atoms with Gasteiger partial charge in [-0.25, -0.2) is 0 Å². The number of hydrogen-bond donors (Lipinski definition) is 0. The highest BCUT2D eigenvalue weighted by Gasteiger charge is 2.03.